The van der Waals surface area contributed by atoms with Crippen molar-refractivity contribution < 1.29 is 4.79 Å². The highest BCUT2D eigenvalue weighted by molar-refractivity contribution is 6.30. The Morgan fingerprint density at radius 3 is 2.43 bits per heavy atom. The number of hydrogen-bond donors (Lipinski definition) is 1. The molecule has 3 aromatic carbocycles. The molecule has 4 rings (SSSR count). The van der Waals surface area contributed by atoms with Crippen molar-refractivity contribution in [2.75, 3.05) is 5.32 Å². The van der Waals surface area contributed by atoms with Gasteiger partial charge in [-0.3, -0.25) is 4.79 Å². The highest BCUT2D eigenvalue weighted by Crippen LogP contribution is 2.30. The monoisotopic (exact) mass is 414 g/mol. The number of para-hydroxylation sites is 2. The van der Waals surface area contributed by atoms with Gasteiger partial charge in [0.05, 0.1) is 16.8 Å². The Kier molecular flexibility index (Phi) is 5.56. The number of carbonyl (C=O) groups is 1. The number of anilines is 1. The van der Waals surface area contributed by atoms with Gasteiger partial charge in [0.1, 0.15) is 0 Å². The minimum absolute atomic E-state index is 0.139. The SMILES string of the molecule is Cc1cccc(C(C)C)c1NC(=O)c1cc(-c2ccc(Cl)cc2)nc2ccccc12. The molecular weight excluding hydrogens is 392 g/mol. The van der Waals surface area contributed by atoms with Crippen LogP contribution in [0.1, 0.15) is 41.3 Å². The Morgan fingerprint density at radius 1 is 0.967 bits per heavy atom. The van der Waals surface area contributed by atoms with Gasteiger partial charge in [-0.2, -0.15) is 0 Å². The van der Waals surface area contributed by atoms with Crippen LogP contribution in [-0.2, 0) is 0 Å². The van der Waals surface area contributed by atoms with E-state index in [1.54, 1.807) is 0 Å². The van der Waals surface area contributed by atoms with Crippen molar-refractivity contribution in [3.05, 3.63) is 94.5 Å². The van der Waals surface area contributed by atoms with Gasteiger partial charge in [0.15, 0.2) is 0 Å². The number of aryl methyl sites for hydroxylation is 1. The first-order chi connectivity index (χ1) is 14.4. The van der Waals surface area contributed by atoms with Crippen molar-refractivity contribution in [3.63, 3.8) is 0 Å². The van der Waals surface area contributed by atoms with Crippen LogP contribution in [0, 0.1) is 6.92 Å². The van der Waals surface area contributed by atoms with Crippen molar-refractivity contribution in [2.45, 2.75) is 26.7 Å². The number of rotatable bonds is 4. The molecule has 4 aromatic rings. The molecule has 0 bridgehead atoms. The van der Waals surface area contributed by atoms with Crippen molar-refractivity contribution in [3.8, 4) is 11.3 Å². The first kappa shape index (κ1) is 20.1. The average molecular weight is 415 g/mol. The number of hydrogen-bond acceptors (Lipinski definition) is 2. The van der Waals surface area contributed by atoms with Crippen LogP contribution in [0.15, 0.2) is 72.8 Å². The lowest BCUT2D eigenvalue weighted by Crippen LogP contribution is -2.15. The number of nitrogens with one attached hydrogen (secondary N) is 1. The zero-order valence-corrected chi connectivity index (χ0v) is 18.0. The Balaban J connectivity index is 1.82. The number of halogens is 1. The number of aromatic nitrogens is 1. The summed E-state index contributed by atoms with van der Waals surface area (Å²) < 4.78 is 0. The van der Waals surface area contributed by atoms with Crippen molar-refractivity contribution in [1.29, 1.82) is 0 Å². The maximum Gasteiger partial charge on any atom is 0.256 e. The minimum atomic E-state index is -0.139. The molecule has 1 N–H and O–H groups in total. The number of nitrogens with zero attached hydrogens (tertiary/aromatic N) is 1. The molecule has 1 heterocycles. The fraction of sp³-hybridized carbons (Fsp3) is 0.154. The van der Waals surface area contributed by atoms with Gasteiger partial charge in [0, 0.05) is 21.7 Å². The van der Waals surface area contributed by atoms with E-state index in [4.69, 9.17) is 16.6 Å². The fourth-order valence-corrected chi connectivity index (χ4v) is 3.78. The molecule has 0 radical (unpaired) electrons. The van der Waals surface area contributed by atoms with Gasteiger partial charge in [-0.25, -0.2) is 4.98 Å². The summed E-state index contributed by atoms with van der Waals surface area (Å²) in [6, 6.07) is 23.2. The van der Waals surface area contributed by atoms with E-state index >= 15 is 0 Å². The predicted molar refractivity (Wildman–Crippen MR) is 125 cm³/mol. The number of fused-ring (bicyclic) bond motifs is 1. The van der Waals surface area contributed by atoms with Crippen molar-refractivity contribution in [1.82, 2.24) is 4.98 Å². The number of amides is 1. The summed E-state index contributed by atoms with van der Waals surface area (Å²) in [5.74, 6) is 0.166. The zero-order chi connectivity index (χ0) is 21.3. The number of benzene rings is 3. The molecule has 0 aliphatic rings. The zero-order valence-electron chi connectivity index (χ0n) is 17.2. The minimum Gasteiger partial charge on any atom is -0.321 e. The smallest absolute Gasteiger partial charge is 0.256 e. The van der Waals surface area contributed by atoms with E-state index in [9.17, 15) is 4.79 Å². The summed E-state index contributed by atoms with van der Waals surface area (Å²) >= 11 is 6.04. The lowest BCUT2D eigenvalue weighted by Gasteiger charge is -2.17. The molecule has 0 saturated heterocycles. The van der Waals surface area contributed by atoms with Crippen LogP contribution in [0.4, 0.5) is 5.69 Å². The maximum atomic E-state index is 13.4. The highest BCUT2D eigenvalue weighted by atomic mass is 35.5. The van der Waals surface area contributed by atoms with Gasteiger partial charge in [0.25, 0.3) is 5.91 Å². The molecule has 0 saturated carbocycles. The topological polar surface area (TPSA) is 42.0 Å². The second kappa shape index (κ2) is 8.29. The summed E-state index contributed by atoms with van der Waals surface area (Å²) in [7, 11) is 0. The van der Waals surface area contributed by atoms with E-state index < -0.39 is 0 Å². The largest absolute Gasteiger partial charge is 0.321 e. The molecular formula is C26H23ClN2O. The molecule has 1 aromatic heterocycles. The Morgan fingerprint density at radius 2 is 1.70 bits per heavy atom. The third-order valence-corrected chi connectivity index (χ3v) is 5.52. The quantitative estimate of drug-likeness (QED) is 0.382. The highest BCUT2D eigenvalue weighted by Gasteiger charge is 2.17. The first-order valence-electron chi connectivity index (χ1n) is 10.0. The number of pyridine rings is 1. The van der Waals surface area contributed by atoms with Crippen LogP contribution in [0.25, 0.3) is 22.2 Å². The fourth-order valence-electron chi connectivity index (χ4n) is 3.65. The van der Waals surface area contributed by atoms with Crippen molar-refractivity contribution >= 4 is 34.1 Å². The van der Waals surface area contributed by atoms with E-state index in [-0.39, 0.29) is 5.91 Å². The van der Waals surface area contributed by atoms with Crippen LogP contribution < -0.4 is 5.32 Å². The predicted octanol–water partition coefficient (Wildman–Crippen LogP) is 7.24. The van der Waals surface area contributed by atoms with Gasteiger partial charge >= 0.3 is 0 Å². The van der Waals surface area contributed by atoms with Gasteiger partial charge in [-0.15, -0.1) is 0 Å². The van der Waals surface area contributed by atoms with Gasteiger partial charge in [0.2, 0.25) is 0 Å². The molecule has 0 aliphatic carbocycles. The molecule has 3 nitrogen and oxygen atoms in total. The maximum absolute atomic E-state index is 13.4. The van der Waals surface area contributed by atoms with Gasteiger partial charge < -0.3 is 5.32 Å². The lowest BCUT2D eigenvalue weighted by molar-refractivity contribution is 0.102. The third-order valence-electron chi connectivity index (χ3n) is 5.27. The number of carbonyl (C=O) groups excluding carboxylic acids is 1. The van der Waals surface area contributed by atoms with E-state index in [0.29, 0.717) is 16.5 Å². The van der Waals surface area contributed by atoms with E-state index in [1.807, 2.05) is 73.7 Å². The summed E-state index contributed by atoms with van der Waals surface area (Å²) in [6.07, 6.45) is 0. The van der Waals surface area contributed by atoms with E-state index in [0.717, 1.165) is 39.0 Å². The van der Waals surface area contributed by atoms with Crippen LogP contribution in [0.2, 0.25) is 5.02 Å². The average Bonchev–Trinajstić information content (AvgIpc) is 2.74. The Labute approximate surface area is 181 Å². The molecule has 0 atom stereocenters. The summed E-state index contributed by atoms with van der Waals surface area (Å²) in [5, 5.41) is 4.66. The molecule has 0 fully saturated rings. The Hall–Kier alpha value is -3.17. The second-order valence-electron chi connectivity index (χ2n) is 7.73. The molecule has 0 unspecified atom stereocenters. The van der Waals surface area contributed by atoms with Gasteiger partial charge in [-0.1, -0.05) is 74.0 Å². The van der Waals surface area contributed by atoms with E-state index in [2.05, 4.69) is 25.2 Å². The lowest BCUT2D eigenvalue weighted by atomic mass is 9.97. The molecule has 1 amide bonds. The van der Waals surface area contributed by atoms with E-state index in [1.165, 1.54) is 0 Å². The Bertz CT molecular complexity index is 1230. The third kappa shape index (κ3) is 3.94. The second-order valence-corrected chi connectivity index (χ2v) is 8.16. The first-order valence-corrected chi connectivity index (χ1v) is 10.4. The molecule has 0 spiro atoms. The van der Waals surface area contributed by atoms with Crippen LogP contribution in [-0.4, -0.2) is 10.9 Å². The van der Waals surface area contributed by atoms with Crippen LogP contribution in [0.5, 0.6) is 0 Å². The van der Waals surface area contributed by atoms with Gasteiger partial charge in [-0.05, 0) is 48.2 Å². The standard InChI is InChI=1S/C26H23ClN2O/c1-16(2)20-9-6-7-17(3)25(20)29-26(30)22-15-24(18-11-13-19(27)14-12-18)28-23-10-5-4-8-21(22)23/h4-16H,1-3H3,(H,29,30). The molecule has 0 aliphatic heterocycles. The van der Waals surface area contributed by atoms with Crippen LogP contribution in [0.3, 0.4) is 0 Å². The molecule has 150 valence electrons. The normalized spacial score (nSPS) is 11.1. The molecule has 4 heteroatoms. The summed E-state index contributed by atoms with van der Waals surface area (Å²) in [4.78, 5) is 18.2. The van der Waals surface area contributed by atoms with Crippen LogP contribution >= 0.6 is 11.6 Å². The molecule has 30 heavy (non-hydrogen) atoms. The summed E-state index contributed by atoms with van der Waals surface area (Å²) in [5.41, 5.74) is 6.09. The summed E-state index contributed by atoms with van der Waals surface area (Å²) in [6.45, 7) is 6.28. The van der Waals surface area contributed by atoms with Crippen molar-refractivity contribution in [2.24, 2.45) is 0 Å².